The van der Waals surface area contributed by atoms with Gasteiger partial charge in [0.2, 0.25) is 0 Å². The van der Waals surface area contributed by atoms with E-state index in [2.05, 4.69) is 0 Å². The van der Waals surface area contributed by atoms with Gasteiger partial charge in [-0.1, -0.05) is 11.6 Å². The van der Waals surface area contributed by atoms with Gasteiger partial charge >= 0.3 is 11.9 Å². The van der Waals surface area contributed by atoms with Gasteiger partial charge < -0.3 is 10.2 Å². The molecule has 0 unspecified atom stereocenters. The number of carboxylic acid groups (broad SMARTS) is 2. The molecule has 0 aliphatic rings. The van der Waals surface area contributed by atoms with Crippen molar-refractivity contribution in [2.75, 3.05) is 5.75 Å². The number of halogens is 1. The number of ketones is 1. The first-order valence-electron chi connectivity index (χ1n) is 5.25. The molecule has 19 heavy (non-hydrogen) atoms. The molecule has 0 bridgehead atoms. The highest BCUT2D eigenvalue weighted by molar-refractivity contribution is 8.01. The number of rotatable bonds is 7. The summed E-state index contributed by atoms with van der Waals surface area (Å²) in [6.07, 6.45) is -0.520. The number of thioether (sulfide) groups is 1. The maximum absolute atomic E-state index is 11.8. The van der Waals surface area contributed by atoms with Crippen LogP contribution in [-0.2, 0) is 9.59 Å². The monoisotopic (exact) mass is 302 g/mol. The van der Waals surface area contributed by atoms with Crippen LogP contribution in [0.25, 0.3) is 0 Å². The van der Waals surface area contributed by atoms with Gasteiger partial charge in [0.25, 0.3) is 0 Å². The summed E-state index contributed by atoms with van der Waals surface area (Å²) in [5.74, 6) is -2.81. The van der Waals surface area contributed by atoms with Crippen LogP contribution in [0.3, 0.4) is 0 Å². The topological polar surface area (TPSA) is 91.7 Å². The number of hydrogen-bond acceptors (Lipinski definition) is 4. The molecule has 1 aromatic rings. The average Bonchev–Trinajstić information content (AvgIpc) is 2.34. The number of carbonyl (C=O) groups is 3. The second-order valence-electron chi connectivity index (χ2n) is 3.67. The van der Waals surface area contributed by atoms with Crippen molar-refractivity contribution >= 4 is 41.1 Å². The Bertz CT molecular complexity index is 485. The lowest BCUT2D eigenvalue weighted by molar-refractivity contribution is -0.142. The van der Waals surface area contributed by atoms with Crippen molar-refractivity contribution in [1.82, 2.24) is 0 Å². The van der Waals surface area contributed by atoms with E-state index in [1.807, 2.05) is 0 Å². The van der Waals surface area contributed by atoms with E-state index in [0.29, 0.717) is 10.6 Å². The normalized spacial score (nSPS) is 11.8. The van der Waals surface area contributed by atoms with Gasteiger partial charge in [0, 0.05) is 10.6 Å². The fraction of sp³-hybridized carbons (Fsp3) is 0.250. The summed E-state index contributed by atoms with van der Waals surface area (Å²) in [6.45, 7) is 0. The van der Waals surface area contributed by atoms with E-state index in [4.69, 9.17) is 21.8 Å². The summed E-state index contributed by atoms with van der Waals surface area (Å²) >= 11 is 6.49. The summed E-state index contributed by atoms with van der Waals surface area (Å²) in [5.41, 5.74) is 0.413. The van der Waals surface area contributed by atoms with Crippen LogP contribution < -0.4 is 0 Å². The highest BCUT2D eigenvalue weighted by atomic mass is 35.5. The molecule has 1 atom stereocenters. The molecule has 1 rings (SSSR count). The smallest absolute Gasteiger partial charge is 0.317 e. The van der Waals surface area contributed by atoms with Gasteiger partial charge in [0.05, 0.1) is 12.2 Å². The minimum atomic E-state index is -1.24. The molecule has 5 nitrogen and oxygen atoms in total. The Kier molecular flexibility index (Phi) is 5.85. The van der Waals surface area contributed by atoms with E-state index < -0.39 is 23.6 Å². The van der Waals surface area contributed by atoms with Crippen molar-refractivity contribution in [3.8, 4) is 0 Å². The van der Waals surface area contributed by atoms with Crippen LogP contribution in [0.15, 0.2) is 24.3 Å². The van der Waals surface area contributed by atoms with Gasteiger partial charge in [0.15, 0.2) is 5.78 Å². The molecule has 0 saturated carbocycles. The lowest BCUT2D eigenvalue weighted by Crippen LogP contribution is -2.22. The van der Waals surface area contributed by atoms with E-state index in [-0.39, 0.29) is 11.5 Å². The van der Waals surface area contributed by atoms with Crippen molar-refractivity contribution in [2.24, 2.45) is 0 Å². The molecule has 0 aliphatic heterocycles. The molecule has 0 radical (unpaired) electrons. The molecule has 7 heteroatoms. The predicted octanol–water partition coefficient (Wildman–Crippen LogP) is 2.18. The number of aliphatic carboxylic acids is 2. The first-order chi connectivity index (χ1) is 8.90. The van der Waals surface area contributed by atoms with E-state index in [0.717, 1.165) is 11.8 Å². The van der Waals surface area contributed by atoms with Crippen LogP contribution in [0, 0.1) is 0 Å². The Hall–Kier alpha value is -1.53. The first kappa shape index (κ1) is 15.5. The first-order valence-corrected chi connectivity index (χ1v) is 6.68. The third kappa shape index (κ3) is 5.32. The Morgan fingerprint density at radius 3 is 2.21 bits per heavy atom. The maximum Gasteiger partial charge on any atom is 0.317 e. The van der Waals surface area contributed by atoms with Crippen LogP contribution in [0.1, 0.15) is 16.8 Å². The Balaban J connectivity index is 2.59. The Morgan fingerprint density at radius 1 is 1.16 bits per heavy atom. The number of Topliss-reactive ketones (excluding diaryl/α,β-unsaturated/α-hetero) is 1. The van der Waals surface area contributed by atoms with Crippen LogP contribution >= 0.6 is 23.4 Å². The number of carboxylic acids is 2. The van der Waals surface area contributed by atoms with Gasteiger partial charge in [-0.3, -0.25) is 14.4 Å². The molecule has 0 aliphatic carbocycles. The molecule has 0 aromatic heterocycles. The second-order valence-corrected chi connectivity index (χ2v) is 5.29. The zero-order valence-corrected chi connectivity index (χ0v) is 11.3. The second kappa shape index (κ2) is 7.16. The number of hydrogen-bond donors (Lipinski definition) is 2. The SMILES string of the molecule is O=C(O)C[C@H](SCC(=O)c1ccc(Cl)cc1)C(=O)O. The standard InChI is InChI=1S/C12H11ClO5S/c13-8-3-1-7(2-4-8)9(14)6-19-10(12(17)18)5-11(15)16/h1-4,10H,5-6H2,(H,15,16)(H,17,18)/t10-/m0/s1. The van der Waals surface area contributed by atoms with Gasteiger partial charge in [-0.05, 0) is 24.3 Å². The highest BCUT2D eigenvalue weighted by Gasteiger charge is 2.22. The molecule has 0 heterocycles. The highest BCUT2D eigenvalue weighted by Crippen LogP contribution is 2.18. The lowest BCUT2D eigenvalue weighted by atomic mass is 10.1. The third-order valence-electron chi connectivity index (χ3n) is 2.22. The van der Waals surface area contributed by atoms with Crippen molar-refractivity contribution in [3.63, 3.8) is 0 Å². The molecule has 0 amide bonds. The van der Waals surface area contributed by atoms with Crippen LogP contribution in [0.5, 0.6) is 0 Å². The van der Waals surface area contributed by atoms with E-state index in [1.54, 1.807) is 12.1 Å². The summed E-state index contributed by atoms with van der Waals surface area (Å²) < 4.78 is 0. The molecule has 1 aromatic carbocycles. The van der Waals surface area contributed by atoms with Gasteiger partial charge in [-0.15, -0.1) is 11.8 Å². The van der Waals surface area contributed by atoms with Crippen molar-refractivity contribution < 1.29 is 24.6 Å². The van der Waals surface area contributed by atoms with Crippen LogP contribution in [-0.4, -0.2) is 38.9 Å². The summed E-state index contributed by atoms with van der Waals surface area (Å²) in [6, 6.07) is 6.20. The van der Waals surface area contributed by atoms with Crippen LogP contribution in [0.2, 0.25) is 5.02 Å². The third-order valence-corrected chi connectivity index (χ3v) is 3.67. The van der Waals surface area contributed by atoms with Crippen molar-refractivity contribution in [2.45, 2.75) is 11.7 Å². The predicted molar refractivity (Wildman–Crippen MR) is 71.9 cm³/mol. The zero-order valence-electron chi connectivity index (χ0n) is 9.71. The molecule has 2 N–H and O–H groups in total. The fourth-order valence-electron chi connectivity index (χ4n) is 1.27. The van der Waals surface area contributed by atoms with Crippen molar-refractivity contribution in [1.29, 1.82) is 0 Å². The Morgan fingerprint density at radius 2 is 1.74 bits per heavy atom. The minimum Gasteiger partial charge on any atom is -0.481 e. The van der Waals surface area contributed by atoms with Crippen LogP contribution in [0.4, 0.5) is 0 Å². The molecule has 102 valence electrons. The molecule has 0 saturated heterocycles. The maximum atomic E-state index is 11.8. The zero-order chi connectivity index (χ0) is 14.4. The molecular formula is C12H11ClO5S. The molecular weight excluding hydrogens is 292 g/mol. The number of carbonyl (C=O) groups excluding carboxylic acids is 1. The van der Waals surface area contributed by atoms with Gasteiger partial charge in [-0.2, -0.15) is 0 Å². The Labute approximate surface area is 118 Å². The fourth-order valence-corrected chi connectivity index (χ4v) is 2.32. The number of benzene rings is 1. The lowest BCUT2D eigenvalue weighted by Gasteiger charge is -2.08. The summed E-state index contributed by atoms with van der Waals surface area (Å²) in [4.78, 5) is 33.1. The molecule has 0 spiro atoms. The van der Waals surface area contributed by atoms with Crippen molar-refractivity contribution in [3.05, 3.63) is 34.9 Å². The van der Waals surface area contributed by atoms with Gasteiger partial charge in [-0.25, -0.2) is 0 Å². The average molecular weight is 303 g/mol. The summed E-state index contributed by atoms with van der Waals surface area (Å²) in [7, 11) is 0. The minimum absolute atomic E-state index is 0.0914. The summed E-state index contributed by atoms with van der Waals surface area (Å²) in [5, 5.41) is 16.8. The van der Waals surface area contributed by atoms with E-state index >= 15 is 0 Å². The quantitative estimate of drug-likeness (QED) is 0.750. The molecule has 0 fully saturated rings. The largest absolute Gasteiger partial charge is 0.481 e. The van der Waals surface area contributed by atoms with E-state index in [1.165, 1.54) is 12.1 Å². The van der Waals surface area contributed by atoms with Gasteiger partial charge in [0.1, 0.15) is 5.25 Å². The van der Waals surface area contributed by atoms with E-state index in [9.17, 15) is 14.4 Å².